The van der Waals surface area contributed by atoms with Gasteiger partial charge in [-0.15, -0.1) is 0 Å². The predicted octanol–water partition coefficient (Wildman–Crippen LogP) is 6.19. The van der Waals surface area contributed by atoms with Gasteiger partial charge in [0.25, 0.3) is 0 Å². The monoisotopic (exact) mass is 434 g/mol. The summed E-state index contributed by atoms with van der Waals surface area (Å²) in [4.78, 5) is 12.8. The lowest BCUT2D eigenvalue weighted by molar-refractivity contribution is -0.150. The SMILES string of the molecule is CCCC1OC(=O)C2(C)CCCC(C)(C(O)CCC3COC4(CCCCCCC4)C3)C12. The molecule has 1 N–H and O–H groups in total. The first-order valence-electron chi connectivity index (χ1n) is 13.4. The second-order valence-corrected chi connectivity index (χ2v) is 11.9. The molecule has 4 aliphatic rings. The van der Waals surface area contributed by atoms with Crippen molar-refractivity contribution in [2.45, 2.75) is 135 Å². The molecule has 0 bridgehead atoms. The number of cyclic esters (lactones) is 1. The first kappa shape index (κ1) is 23.5. The number of rotatable bonds is 6. The average Bonchev–Trinajstić information content (AvgIpc) is 3.23. The lowest BCUT2D eigenvalue weighted by Crippen LogP contribution is -2.52. The zero-order valence-corrected chi connectivity index (χ0v) is 20.3. The van der Waals surface area contributed by atoms with Crippen molar-refractivity contribution in [1.82, 2.24) is 0 Å². The van der Waals surface area contributed by atoms with Gasteiger partial charge in [0.2, 0.25) is 0 Å². The Balaban J connectivity index is 1.39. The lowest BCUT2D eigenvalue weighted by atomic mass is 9.52. The molecule has 1 spiro atoms. The van der Waals surface area contributed by atoms with E-state index < -0.39 is 5.41 Å². The number of hydrogen-bond acceptors (Lipinski definition) is 4. The number of fused-ring (bicyclic) bond motifs is 1. The van der Waals surface area contributed by atoms with Crippen molar-refractivity contribution >= 4 is 5.97 Å². The highest BCUT2D eigenvalue weighted by Gasteiger charge is 2.63. The Labute approximate surface area is 189 Å². The summed E-state index contributed by atoms with van der Waals surface area (Å²) >= 11 is 0. The maximum atomic E-state index is 12.8. The third-order valence-electron chi connectivity index (χ3n) is 9.64. The van der Waals surface area contributed by atoms with Crippen LogP contribution in [0.4, 0.5) is 0 Å². The summed E-state index contributed by atoms with van der Waals surface area (Å²) in [5, 5.41) is 11.5. The predicted molar refractivity (Wildman–Crippen MR) is 123 cm³/mol. The van der Waals surface area contributed by atoms with Crippen LogP contribution in [0.2, 0.25) is 0 Å². The molecule has 31 heavy (non-hydrogen) atoms. The van der Waals surface area contributed by atoms with Crippen LogP contribution in [0.1, 0.15) is 117 Å². The number of ether oxygens (including phenoxy) is 2. The van der Waals surface area contributed by atoms with Crippen molar-refractivity contribution in [3.63, 3.8) is 0 Å². The molecule has 0 amide bonds. The Kier molecular flexibility index (Phi) is 7.09. The fourth-order valence-corrected chi connectivity index (χ4v) is 7.91. The van der Waals surface area contributed by atoms with Crippen molar-refractivity contribution in [2.24, 2.45) is 22.7 Å². The summed E-state index contributed by atoms with van der Waals surface area (Å²) in [5.41, 5.74) is -0.537. The van der Waals surface area contributed by atoms with Crippen LogP contribution in [0.5, 0.6) is 0 Å². The Morgan fingerprint density at radius 1 is 1.00 bits per heavy atom. The Hall–Kier alpha value is -0.610. The molecule has 2 aliphatic heterocycles. The normalized spacial score (nSPS) is 41.4. The van der Waals surface area contributed by atoms with Gasteiger partial charge in [-0.25, -0.2) is 0 Å². The third-order valence-corrected chi connectivity index (χ3v) is 9.64. The Bertz CT molecular complexity index is 625. The number of carbonyl (C=O) groups is 1. The van der Waals surface area contributed by atoms with Crippen LogP contribution < -0.4 is 0 Å². The van der Waals surface area contributed by atoms with Gasteiger partial charge in [-0.3, -0.25) is 4.79 Å². The molecule has 6 atom stereocenters. The lowest BCUT2D eigenvalue weighted by Gasteiger charge is -2.50. The number of aliphatic hydroxyl groups excluding tert-OH is 1. The number of aliphatic hydroxyl groups is 1. The number of hydrogen-bond donors (Lipinski definition) is 1. The summed E-state index contributed by atoms with van der Waals surface area (Å²) in [7, 11) is 0. The molecule has 0 aromatic rings. The molecule has 2 saturated carbocycles. The average molecular weight is 435 g/mol. The van der Waals surface area contributed by atoms with Crippen molar-refractivity contribution in [1.29, 1.82) is 0 Å². The van der Waals surface area contributed by atoms with E-state index in [1.807, 2.05) is 0 Å². The van der Waals surface area contributed by atoms with Crippen molar-refractivity contribution in [2.75, 3.05) is 6.61 Å². The standard InChI is InChI=1S/C27H46O4/c1-4-11-21-23-25(2,14-10-15-26(23,3)24(29)31-21)22(28)13-12-20-18-27(30-19-20)16-8-6-5-7-9-17-27/h20-23,28H,4-19H2,1-3H3. The highest BCUT2D eigenvalue weighted by atomic mass is 16.6. The van der Waals surface area contributed by atoms with Gasteiger partial charge in [0.1, 0.15) is 6.10 Å². The molecular weight excluding hydrogens is 388 g/mol. The topological polar surface area (TPSA) is 55.8 Å². The molecule has 4 fully saturated rings. The molecule has 0 aromatic carbocycles. The highest BCUT2D eigenvalue weighted by Crippen LogP contribution is 2.60. The van der Waals surface area contributed by atoms with Crippen molar-refractivity contribution in [3.05, 3.63) is 0 Å². The fraction of sp³-hybridized carbons (Fsp3) is 0.963. The molecule has 4 nitrogen and oxygen atoms in total. The van der Waals surface area contributed by atoms with Crippen LogP contribution in [-0.4, -0.2) is 35.5 Å². The summed E-state index contributed by atoms with van der Waals surface area (Å²) < 4.78 is 12.3. The Morgan fingerprint density at radius 3 is 2.42 bits per heavy atom. The van der Waals surface area contributed by atoms with E-state index in [0.29, 0.717) is 5.92 Å². The first-order chi connectivity index (χ1) is 14.8. The van der Waals surface area contributed by atoms with Crippen molar-refractivity contribution in [3.8, 4) is 0 Å². The van der Waals surface area contributed by atoms with Gasteiger partial charge in [0, 0.05) is 11.3 Å². The maximum absolute atomic E-state index is 12.8. The van der Waals surface area contributed by atoms with Crippen LogP contribution in [0, 0.1) is 22.7 Å². The second-order valence-electron chi connectivity index (χ2n) is 11.9. The third kappa shape index (κ3) is 4.45. The molecule has 2 saturated heterocycles. The summed E-state index contributed by atoms with van der Waals surface area (Å²) in [6.07, 6.45) is 16.6. The molecule has 178 valence electrons. The van der Waals surface area contributed by atoms with E-state index in [9.17, 15) is 9.90 Å². The van der Waals surface area contributed by atoms with Crippen LogP contribution in [0.15, 0.2) is 0 Å². The summed E-state index contributed by atoms with van der Waals surface area (Å²) in [6, 6.07) is 0. The van der Waals surface area contributed by atoms with Gasteiger partial charge in [0.15, 0.2) is 0 Å². The largest absolute Gasteiger partial charge is 0.462 e. The van der Waals surface area contributed by atoms with E-state index in [2.05, 4.69) is 20.8 Å². The molecule has 4 rings (SSSR count). The van der Waals surface area contributed by atoms with Crippen LogP contribution >= 0.6 is 0 Å². The van der Waals surface area contributed by atoms with Crippen molar-refractivity contribution < 1.29 is 19.4 Å². The molecule has 0 aromatic heterocycles. The quantitative estimate of drug-likeness (QED) is 0.507. The van der Waals surface area contributed by atoms with Gasteiger partial charge in [-0.05, 0) is 64.2 Å². The molecule has 2 aliphatic carbocycles. The number of carbonyl (C=O) groups excluding carboxylic acids is 1. The van der Waals surface area contributed by atoms with E-state index in [1.54, 1.807) is 0 Å². The minimum Gasteiger partial charge on any atom is -0.462 e. The van der Waals surface area contributed by atoms with Gasteiger partial charge in [-0.1, -0.05) is 58.8 Å². The molecular formula is C27H46O4. The van der Waals surface area contributed by atoms with E-state index >= 15 is 0 Å². The fourth-order valence-electron chi connectivity index (χ4n) is 7.91. The zero-order chi connectivity index (χ0) is 22.1. The van der Waals surface area contributed by atoms with Crippen LogP contribution in [0.25, 0.3) is 0 Å². The number of esters is 1. The molecule has 4 heteroatoms. The first-order valence-corrected chi connectivity index (χ1v) is 13.4. The molecule has 6 unspecified atom stereocenters. The van der Waals surface area contributed by atoms with Gasteiger partial charge >= 0.3 is 5.97 Å². The van der Waals surface area contributed by atoms with E-state index in [1.165, 1.54) is 51.4 Å². The Morgan fingerprint density at radius 2 is 1.71 bits per heavy atom. The minimum atomic E-state index is -0.423. The molecule has 0 radical (unpaired) electrons. The van der Waals surface area contributed by atoms with E-state index in [-0.39, 0.29) is 35.1 Å². The van der Waals surface area contributed by atoms with E-state index in [0.717, 1.165) is 51.6 Å². The zero-order valence-electron chi connectivity index (χ0n) is 20.3. The highest BCUT2D eigenvalue weighted by molar-refractivity contribution is 5.79. The van der Waals surface area contributed by atoms with Gasteiger partial charge < -0.3 is 14.6 Å². The smallest absolute Gasteiger partial charge is 0.312 e. The van der Waals surface area contributed by atoms with Crippen LogP contribution in [0.3, 0.4) is 0 Å². The van der Waals surface area contributed by atoms with Gasteiger partial charge in [-0.2, -0.15) is 0 Å². The molecule has 2 heterocycles. The van der Waals surface area contributed by atoms with Gasteiger partial charge in [0.05, 0.1) is 23.7 Å². The minimum absolute atomic E-state index is 0.0236. The second kappa shape index (κ2) is 9.33. The van der Waals surface area contributed by atoms with E-state index in [4.69, 9.17) is 9.47 Å². The maximum Gasteiger partial charge on any atom is 0.312 e. The summed E-state index contributed by atoms with van der Waals surface area (Å²) in [6.45, 7) is 7.37. The summed E-state index contributed by atoms with van der Waals surface area (Å²) in [5.74, 6) is 0.679. The van der Waals surface area contributed by atoms with Crippen LogP contribution in [-0.2, 0) is 14.3 Å².